The van der Waals surface area contributed by atoms with E-state index in [4.69, 9.17) is 0 Å². The number of carbonyl (C=O) groups is 1. The maximum Gasteiger partial charge on any atom is 0.274 e. The third-order valence-corrected chi connectivity index (χ3v) is 3.05. The number of nitrogens with zero attached hydrogens (tertiary/aromatic N) is 1. The first-order valence-corrected chi connectivity index (χ1v) is 5.87. The molecule has 1 aliphatic heterocycles. The van der Waals surface area contributed by atoms with Gasteiger partial charge in [0.2, 0.25) is 5.91 Å². The number of carbonyl (C=O) groups excluding carboxylic acids is 1. The van der Waals surface area contributed by atoms with E-state index in [1.807, 2.05) is 0 Å². The highest BCUT2D eigenvalue weighted by Gasteiger charge is 2.22. The van der Waals surface area contributed by atoms with E-state index in [1.165, 1.54) is 6.07 Å². The normalized spacial score (nSPS) is 18.6. The summed E-state index contributed by atoms with van der Waals surface area (Å²) in [4.78, 5) is 22.2. The van der Waals surface area contributed by atoms with Gasteiger partial charge in [0.25, 0.3) is 5.69 Å². The molecule has 2 rings (SSSR count). The van der Waals surface area contributed by atoms with Gasteiger partial charge in [0.05, 0.1) is 11.0 Å². The van der Waals surface area contributed by atoms with E-state index in [1.54, 1.807) is 19.1 Å². The van der Waals surface area contributed by atoms with Gasteiger partial charge >= 0.3 is 0 Å². The lowest BCUT2D eigenvalue weighted by molar-refractivity contribution is -0.385. The van der Waals surface area contributed by atoms with Crippen molar-refractivity contribution in [3.05, 3.63) is 33.9 Å². The fourth-order valence-corrected chi connectivity index (χ4v) is 2.02. The Bertz CT molecular complexity index is 481. The lowest BCUT2D eigenvalue weighted by atomic mass is 10.1. The summed E-state index contributed by atoms with van der Waals surface area (Å²) in [5.41, 5.74) is 1.06. The van der Waals surface area contributed by atoms with E-state index in [9.17, 15) is 14.9 Å². The predicted octanol–water partition coefficient (Wildman–Crippen LogP) is 1.59. The number of anilines is 1. The summed E-state index contributed by atoms with van der Waals surface area (Å²) in [7, 11) is 0. The minimum Gasteiger partial charge on any atom is -0.324 e. The molecule has 1 aromatic carbocycles. The monoisotopic (exact) mass is 249 g/mol. The number of amides is 1. The molecule has 1 atom stereocenters. The van der Waals surface area contributed by atoms with E-state index < -0.39 is 4.92 Å². The third-order valence-electron chi connectivity index (χ3n) is 3.05. The molecule has 0 spiro atoms. The second kappa shape index (κ2) is 5.14. The van der Waals surface area contributed by atoms with E-state index in [-0.39, 0.29) is 17.6 Å². The number of nitrogens with one attached hydrogen (secondary N) is 2. The molecule has 1 heterocycles. The van der Waals surface area contributed by atoms with Crippen molar-refractivity contribution in [2.24, 2.45) is 0 Å². The van der Waals surface area contributed by atoms with Crippen molar-refractivity contribution in [2.75, 3.05) is 11.9 Å². The zero-order valence-corrected chi connectivity index (χ0v) is 10.1. The van der Waals surface area contributed by atoms with Crippen molar-refractivity contribution >= 4 is 17.3 Å². The molecule has 0 saturated carbocycles. The smallest absolute Gasteiger partial charge is 0.274 e. The van der Waals surface area contributed by atoms with Crippen LogP contribution in [0.2, 0.25) is 0 Å². The topological polar surface area (TPSA) is 84.3 Å². The van der Waals surface area contributed by atoms with Crippen LogP contribution in [0.5, 0.6) is 0 Å². The van der Waals surface area contributed by atoms with Crippen molar-refractivity contribution in [2.45, 2.75) is 25.8 Å². The molecule has 0 bridgehead atoms. The lowest BCUT2D eigenvalue weighted by Crippen LogP contribution is -2.35. The van der Waals surface area contributed by atoms with Crippen molar-refractivity contribution < 1.29 is 9.72 Å². The molecule has 2 N–H and O–H groups in total. The van der Waals surface area contributed by atoms with Crippen molar-refractivity contribution in [3.8, 4) is 0 Å². The maximum absolute atomic E-state index is 11.8. The van der Waals surface area contributed by atoms with E-state index in [0.29, 0.717) is 11.3 Å². The molecule has 6 nitrogen and oxygen atoms in total. The lowest BCUT2D eigenvalue weighted by Gasteiger charge is -2.11. The minimum absolute atomic E-state index is 0.0205. The zero-order chi connectivity index (χ0) is 13.1. The van der Waals surface area contributed by atoms with Gasteiger partial charge in [-0.25, -0.2) is 0 Å². The van der Waals surface area contributed by atoms with Crippen molar-refractivity contribution in [3.63, 3.8) is 0 Å². The Morgan fingerprint density at radius 3 is 2.94 bits per heavy atom. The fourth-order valence-electron chi connectivity index (χ4n) is 2.02. The molecule has 1 amide bonds. The highest BCUT2D eigenvalue weighted by molar-refractivity contribution is 5.95. The number of rotatable bonds is 3. The standard InChI is InChI=1S/C12H15N3O3/c1-8-4-5-9(7-11(8)15(17)18)14-12(16)10-3-2-6-13-10/h4-5,7,10,13H,2-3,6H2,1H3,(H,14,16). The Hall–Kier alpha value is -1.95. The Kier molecular flexibility index (Phi) is 3.57. The van der Waals surface area contributed by atoms with Crippen LogP contribution in [0.15, 0.2) is 18.2 Å². The van der Waals surface area contributed by atoms with Gasteiger partial charge in [-0.05, 0) is 32.4 Å². The first-order chi connectivity index (χ1) is 8.58. The van der Waals surface area contributed by atoms with Crippen LogP contribution in [0.3, 0.4) is 0 Å². The predicted molar refractivity (Wildman–Crippen MR) is 67.5 cm³/mol. The van der Waals surface area contributed by atoms with Gasteiger partial charge in [0.1, 0.15) is 0 Å². The molecular formula is C12H15N3O3. The summed E-state index contributed by atoms with van der Waals surface area (Å²) in [5.74, 6) is -0.134. The van der Waals surface area contributed by atoms with Gasteiger partial charge in [0, 0.05) is 17.3 Å². The van der Waals surface area contributed by atoms with Gasteiger partial charge in [-0.2, -0.15) is 0 Å². The van der Waals surface area contributed by atoms with Crippen LogP contribution in [-0.4, -0.2) is 23.4 Å². The van der Waals surface area contributed by atoms with Crippen LogP contribution >= 0.6 is 0 Å². The van der Waals surface area contributed by atoms with Crippen molar-refractivity contribution in [1.82, 2.24) is 5.32 Å². The van der Waals surface area contributed by atoms with Crippen molar-refractivity contribution in [1.29, 1.82) is 0 Å². The highest BCUT2D eigenvalue weighted by atomic mass is 16.6. The first-order valence-electron chi connectivity index (χ1n) is 5.87. The van der Waals surface area contributed by atoms with Crippen LogP contribution in [0.25, 0.3) is 0 Å². The minimum atomic E-state index is -0.446. The van der Waals surface area contributed by atoms with Crippen LogP contribution in [0.4, 0.5) is 11.4 Å². The molecule has 0 radical (unpaired) electrons. The van der Waals surface area contributed by atoms with E-state index in [2.05, 4.69) is 10.6 Å². The molecule has 96 valence electrons. The molecule has 6 heteroatoms. The Balaban J connectivity index is 2.11. The molecule has 1 saturated heterocycles. The number of hydrogen-bond donors (Lipinski definition) is 2. The number of aryl methyl sites for hydroxylation is 1. The second-order valence-electron chi connectivity index (χ2n) is 4.40. The summed E-state index contributed by atoms with van der Waals surface area (Å²) in [6.07, 6.45) is 1.78. The highest BCUT2D eigenvalue weighted by Crippen LogP contribution is 2.22. The second-order valence-corrected chi connectivity index (χ2v) is 4.40. The number of benzene rings is 1. The summed E-state index contributed by atoms with van der Waals surface area (Å²) in [6.45, 7) is 2.51. The van der Waals surface area contributed by atoms with Crippen LogP contribution in [-0.2, 0) is 4.79 Å². The zero-order valence-electron chi connectivity index (χ0n) is 10.1. The summed E-state index contributed by atoms with van der Waals surface area (Å²) in [5, 5.41) is 16.6. The largest absolute Gasteiger partial charge is 0.324 e. The van der Waals surface area contributed by atoms with Crippen LogP contribution in [0.1, 0.15) is 18.4 Å². The Morgan fingerprint density at radius 2 is 2.33 bits per heavy atom. The molecule has 1 aliphatic rings. The summed E-state index contributed by atoms with van der Waals surface area (Å²) in [6, 6.07) is 4.51. The quantitative estimate of drug-likeness (QED) is 0.629. The molecule has 1 fully saturated rings. The maximum atomic E-state index is 11.8. The SMILES string of the molecule is Cc1ccc(NC(=O)C2CCCN2)cc1[N+](=O)[O-]. The molecule has 1 unspecified atom stereocenters. The summed E-state index contributed by atoms with van der Waals surface area (Å²) < 4.78 is 0. The number of nitro benzene ring substituents is 1. The molecule has 1 aromatic rings. The average molecular weight is 249 g/mol. The van der Waals surface area contributed by atoms with Gasteiger partial charge < -0.3 is 10.6 Å². The first kappa shape index (κ1) is 12.5. The van der Waals surface area contributed by atoms with Gasteiger partial charge in [-0.3, -0.25) is 14.9 Å². The van der Waals surface area contributed by atoms with E-state index >= 15 is 0 Å². The van der Waals surface area contributed by atoms with Crippen LogP contribution < -0.4 is 10.6 Å². The Morgan fingerprint density at radius 1 is 1.56 bits per heavy atom. The fraction of sp³-hybridized carbons (Fsp3) is 0.417. The van der Waals surface area contributed by atoms with E-state index in [0.717, 1.165) is 19.4 Å². The van der Waals surface area contributed by atoms with Gasteiger partial charge in [-0.15, -0.1) is 0 Å². The third kappa shape index (κ3) is 2.65. The van der Waals surface area contributed by atoms with Crippen LogP contribution in [0, 0.1) is 17.0 Å². The molecule has 0 aliphatic carbocycles. The number of nitro groups is 1. The molecule has 0 aromatic heterocycles. The van der Waals surface area contributed by atoms with Gasteiger partial charge in [-0.1, -0.05) is 6.07 Å². The average Bonchev–Trinajstić information content (AvgIpc) is 2.85. The summed E-state index contributed by atoms with van der Waals surface area (Å²) >= 11 is 0. The molecular weight excluding hydrogens is 234 g/mol. The Labute approximate surface area is 105 Å². The molecule has 18 heavy (non-hydrogen) atoms. The van der Waals surface area contributed by atoms with Gasteiger partial charge in [0.15, 0.2) is 0 Å². The number of hydrogen-bond acceptors (Lipinski definition) is 4.